The number of phenolic OH excluding ortho intramolecular Hbond substituents is 1. The highest BCUT2D eigenvalue weighted by Crippen LogP contribution is 2.38. The van der Waals surface area contributed by atoms with Gasteiger partial charge in [0.2, 0.25) is 6.79 Å². The van der Waals surface area contributed by atoms with Crippen molar-refractivity contribution in [3.05, 3.63) is 63.7 Å². The molecule has 0 atom stereocenters. The van der Waals surface area contributed by atoms with Crippen LogP contribution in [0.25, 0.3) is 6.08 Å². The average molecular weight is 313 g/mol. The van der Waals surface area contributed by atoms with Gasteiger partial charge in [0.05, 0.1) is 16.6 Å². The van der Waals surface area contributed by atoms with Crippen LogP contribution in [-0.2, 0) is 0 Å². The number of nitro benzene ring substituents is 1. The van der Waals surface area contributed by atoms with Crippen molar-refractivity contribution in [3.63, 3.8) is 0 Å². The number of benzene rings is 2. The molecule has 7 nitrogen and oxygen atoms in total. The van der Waals surface area contributed by atoms with Crippen molar-refractivity contribution in [2.24, 2.45) is 0 Å². The molecule has 0 aliphatic carbocycles. The van der Waals surface area contributed by atoms with Gasteiger partial charge in [-0.3, -0.25) is 14.9 Å². The molecule has 7 heteroatoms. The lowest BCUT2D eigenvalue weighted by Crippen LogP contribution is -1.95. The van der Waals surface area contributed by atoms with E-state index in [0.29, 0.717) is 17.1 Å². The molecule has 0 bridgehead atoms. The number of nitro groups is 1. The Morgan fingerprint density at radius 3 is 2.48 bits per heavy atom. The van der Waals surface area contributed by atoms with E-state index in [2.05, 4.69) is 0 Å². The lowest BCUT2D eigenvalue weighted by Gasteiger charge is -2.01. The number of carbonyl (C=O) groups excluding carboxylic acids is 1. The summed E-state index contributed by atoms with van der Waals surface area (Å²) in [6, 6.07) is 8.45. The second-order valence-corrected chi connectivity index (χ2v) is 4.77. The minimum Gasteiger partial charge on any atom is -0.508 e. The van der Waals surface area contributed by atoms with E-state index in [9.17, 15) is 20.0 Å². The Labute approximate surface area is 130 Å². The van der Waals surface area contributed by atoms with Gasteiger partial charge in [0.25, 0.3) is 5.69 Å². The molecule has 116 valence electrons. The largest absolute Gasteiger partial charge is 0.508 e. The first-order chi connectivity index (χ1) is 11.0. The highest BCUT2D eigenvalue weighted by Gasteiger charge is 2.22. The van der Waals surface area contributed by atoms with Crippen LogP contribution in [0.15, 0.2) is 42.5 Å². The van der Waals surface area contributed by atoms with Crippen molar-refractivity contribution >= 4 is 17.5 Å². The molecule has 2 aromatic rings. The summed E-state index contributed by atoms with van der Waals surface area (Å²) in [6.07, 6.45) is 2.59. The predicted octanol–water partition coefficient (Wildman–Crippen LogP) is 2.93. The number of ketones is 1. The van der Waals surface area contributed by atoms with Gasteiger partial charge in [0, 0.05) is 5.56 Å². The van der Waals surface area contributed by atoms with E-state index in [1.54, 1.807) is 0 Å². The molecule has 23 heavy (non-hydrogen) atoms. The summed E-state index contributed by atoms with van der Waals surface area (Å²) >= 11 is 0. The molecule has 3 rings (SSSR count). The maximum absolute atomic E-state index is 12.0. The van der Waals surface area contributed by atoms with Gasteiger partial charge in [-0.05, 0) is 42.5 Å². The summed E-state index contributed by atoms with van der Waals surface area (Å²) in [5, 5.41) is 20.3. The number of hydrogen-bond donors (Lipinski definition) is 1. The molecular weight excluding hydrogens is 302 g/mol. The topological polar surface area (TPSA) is 98.9 Å². The fraction of sp³-hybridized carbons (Fsp3) is 0.0625. The van der Waals surface area contributed by atoms with Crippen molar-refractivity contribution in [2.75, 3.05) is 6.79 Å². The summed E-state index contributed by atoms with van der Waals surface area (Å²) in [5.41, 5.74) is 0.429. The minimum atomic E-state index is -0.549. The SMILES string of the molecule is O=C(/C=C/c1cc2c(cc1[N+](=O)[O-])OCO2)c1ccc(O)cc1. The first-order valence-corrected chi connectivity index (χ1v) is 6.64. The number of fused-ring (bicyclic) bond motifs is 1. The molecule has 0 saturated carbocycles. The normalized spacial score (nSPS) is 12.5. The molecule has 0 unspecified atom stereocenters. The molecule has 2 aromatic carbocycles. The van der Waals surface area contributed by atoms with E-state index in [-0.39, 0.29) is 29.6 Å². The molecule has 1 N–H and O–H groups in total. The number of allylic oxidation sites excluding steroid dienone is 1. The van der Waals surface area contributed by atoms with Crippen LogP contribution < -0.4 is 9.47 Å². The first-order valence-electron chi connectivity index (χ1n) is 6.64. The maximum atomic E-state index is 12.0. The zero-order valence-corrected chi connectivity index (χ0v) is 11.8. The molecule has 1 aliphatic rings. The number of hydrogen-bond acceptors (Lipinski definition) is 6. The summed E-state index contributed by atoms with van der Waals surface area (Å²) in [7, 11) is 0. The lowest BCUT2D eigenvalue weighted by molar-refractivity contribution is -0.385. The van der Waals surface area contributed by atoms with Crippen molar-refractivity contribution < 1.29 is 24.3 Å². The number of nitrogens with zero attached hydrogens (tertiary/aromatic N) is 1. The Bertz CT molecular complexity index is 810. The zero-order chi connectivity index (χ0) is 16.4. The van der Waals surface area contributed by atoms with Gasteiger partial charge in [0.15, 0.2) is 17.3 Å². The van der Waals surface area contributed by atoms with Gasteiger partial charge in [-0.15, -0.1) is 0 Å². The minimum absolute atomic E-state index is 0.00605. The van der Waals surface area contributed by atoms with Crippen LogP contribution in [-0.4, -0.2) is 22.6 Å². The van der Waals surface area contributed by atoms with Gasteiger partial charge in [-0.25, -0.2) is 0 Å². The Morgan fingerprint density at radius 1 is 1.17 bits per heavy atom. The summed E-state index contributed by atoms with van der Waals surface area (Å²) in [5.74, 6) is 0.417. The molecule has 1 aliphatic heterocycles. The van der Waals surface area contributed by atoms with Gasteiger partial charge < -0.3 is 14.6 Å². The van der Waals surface area contributed by atoms with Crippen LogP contribution in [0, 0.1) is 10.1 Å². The highest BCUT2D eigenvalue weighted by atomic mass is 16.7. The van der Waals surface area contributed by atoms with Crippen LogP contribution in [0.2, 0.25) is 0 Å². The van der Waals surface area contributed by atoms with Crippen molar-refractivity contribution in [3.8, 4) is 17.2 Å². The van der Waals surface area contributed by atoms with Crippen LogP contribution in [0.5, 0.6) is 17.2 Å². The summed E-state index contributed by atoms with van der Waals surface area (Å²) in [6.45, 7) is 0.00605. The van der Waals surface area contributed by atoms with Gasteiger partial charge in [-0.1, -0.05) is 0 Å². The molecule has 0 spiro atoms. The Morgan fingerprint density at radius 2 is 1.83 bits per heavy atom. The smallest absolute Gasteiger partial charge is 0.280 e. The molecule has 0 radical (unpaired) electrons. The van der Waals surface area contributed by atoms with E-state index < -0.39 is 4.92 Å². The number of rotatable bonds is 4. The van der Waals surface area contributed by atoms with E-state index in [0.717, 1.165) is 0 Å². The van der Waals surface area contributed by atoms with Gasteiger partial charge >= 0.3 is 0 Å². The molecule has 0 saturated heterocycles. The molecule has 0 aromatic heterocycles. The van der Waals surface area contributed by atoms with Gasteiger partial charge in [0.1, 0.15) is 5.75 Å². The fourth-order valence-corrected chi connectivity index (χ4v) is 2.13. The van der Waals surface area contributed by atoms with E-state index >= 15 is 0 Å². The first kappa shape index (κ1) is 14.6. The maximum Gasteiger partial charge on any atom is 0.280 e. The Hall–Kier alpha value is -3.35. The lowest BCUT2D eigenvalue weighted by atomic mass is 10.1. The molecule has 0 amide bonds. The third-order valence-electron chi connectivity index (χ3n) is 3.28. The quantitative estimate of drug-likeness (QED) is 0.403. The van der Waals surface area contributed by atoms with Crippen molar-refractivity contribution in [1.82, 2.24) is 0 Å². The van der Waals surface area contributed by atoms with E-state index in [1.165, 1.54) is 48.6 Å². The van der Waals surface area contributed by atoms with E-state index in [1.807, 2.05) is 0 Å². The molecule has 0 fully saturated rings. The Balaban J connectivity index is 1.91. The monoisotopic (exact) mass is 313 g/mol. The summed E-state index contributed by atoms with van der Waals surface area (Å²) in [4.78, 5) is 22.6. The van der Waals surface area contributed by atoms with Crippen LogP contribution in [0.4, 0.5) is 5.69 Å². The zero-order valence-electron chi connectivity index (χ0n) is 11.8. The third-order valence-corrected chi connectivity index (χ3v) is 3.28. The predicted molar refractivity (Wildman–Crippen MR) is 80.7 cm³/mol. The second-order valence-electron chi connectivity index (χ2n) is 4.77. The van der Waals surface area contributed by atoms with Gasteiger partial charge in [-0.2, -0.15) is 0 Å². The number of carbonyl (C=O) groups is 1. The highest BCUT2D eigenvalue weighted by molar-refractivity contribution is 6.07. The Kier molecular flexibility index (Phi) is 3.68. The van der Waals surface area contributed by atoms with Crippen LogP contribution >= 0.6 is 0 Å². The van der Waals surface area contributed by atoms with Crippen molar-refractivity contribution in [1.29, 1.82) is 0 Å². The third kappa shape index (κ3) is 2.98. The average Bonchev–Trinajstić information content (AvgIpc) is 2.99. The molecule has 1 heterocycles. The standard InChI is InChI=1S/C16H11NO6/c18-12-4-1-10(2-5-12)14(19)6-3-11-7-15-16(23-9-22-15)8-13(11)17(20)21/h1-8,18H,9H2/b6-3+. The van der Waals surface area contributed by atoms with Crippen molar-refractivity contribution in [2.45, 2.75) is 0 Å². The van der Waals surface area contributed by atoms with E-state index in [4.69, 9.17) is 9.47 Å². The summed E-state index contributed by atoms with van der Waals surface area (Å²) < 4.78 is 10.3. The number of ether oxygens (including phenoxy) is 2. The fourth-order valence-electron chi connectivity index (χ4n) is 2.13. The van der Waals surface area contributed by atoms with Crippen LogP contribution in [0.3, 0.4) is 0 Å². The molecular formula is C16H11NO6. The number of phenols is 1. The number of aromatic hydroxyl groups is 1. The second kappa shape index (κ2) is 5.80. The van der Waals surface area contributed by atoms with Crippen LogP contribution in [0.1, 0.15) is 15.9 Å².